The van der Waals surface area contributed by atoms with Crippen LogP contribution in [0.25, 0.3) is 0 Å². The number of nitrogens with two attached hydrogens (primary N) is 1. The van der Waals surface area contributed by atoms with Gasteiger partial charge in [-0.25, -0.2) is 0 Å². The molecule has 6 heteroatoms. The summed E-state index contributed by atoms with van der Waals surface area (Å²) in [5, 5.41) is 2.90. The topological polar surface area (TPSA) is 73.6 Å². The summed E-state index contributed by atoms with van der Waals surface area (Å²) in [5.41, 5.74) is 8.58. The van der Waals surface area contributed by atoms with E-state index in [2.05, 4.69) is 5.32 Å². The number of nitrogen functional groups attached to an aromatic ring is 1. The number of benzene rings is 2. The highest BCUT2D eigenvalue weighted by Crippen LogP contribution is 2.32. The number of nitrogens with one attached hydrogen (secondary N) is 1. The zero-order valence-electron chi connectivity index (χ0n) is 15.1. The van der Waals surface area contributed by atoms with Gasteiger partial charge in [-0.3, -0.25) is 4.79 Å². The molecule has 5 nitrogen and oxygen atoms in total. The Kier molecular flexibility index (Phi) is 6.75. The fraction of sp³-hybridized carbons (Fsp3) is 0.350. The highest BCUT2D eigenvalue weighted by molar-refractivity contribution is 6.05. The average Bonchev–Trinajstić information content (AvgIpc) is 3.11. The molecule has 0 heterocycles. The quantitative estimate of drug-likeness (QED) is 0.749. The monoisotopic (exact) mass is 376 g/mol. The highest BCUT2D eigenvalue weighted by atomic mass is 35.5. The van der Waals surface area contributed by atoms with Gasteiger partial charge in [-0.2, -0.15) is 0 Å². The molecular weight excluding hydrogens is 352 g/mol. The Labute approximate surface area is 160 Å². The molecule has 0 radical (unpaired) electrons. The van der Waals surface area contributed by atoms with E-state index in [-0.39, 0.29) is 24.4 Å². The van der Waals surface area contributed by atoms with Crippen molar-refractivity contribution in [2.24, 2.45) is 0 Å². The Morgan fingerprint density at radius 3 is 2.54 bits per heavy atom. The molecule has 0 saturated heterocycles. The minimum atomic E-state index is -0.209. The molecule has 1 saturated carbocycles. The molecule has 0 bridgehead atoms. The van der Waals surface area contributed by atoms with E-state index in [0.29, 0.717) is 28.4 Å². The van der Waals surface area contributed by atoms with Crippen LogP contribution in [0.15, 0.2) is 36.4 Å². The first-order valence-corrected chi connectivity index (χ1v) is 8.59. The van der Waals surface area contributed by atoms with Crippen molar-refractivity contribution in [3.8, 4) is 11.5 Å². The second-order valence-corrected chi connectivity index (χ2v) is 6.42. The van der Waals surface area contributed by atoms with Crippen molar-refractivity contribution in [1.29, 1.82) is 0 Å². The maximum atomic E-state index is 12.6. The molecule has 140 valence electrons. The van der Waals surface area contributed by atoms with Crippen LogP contribution in [0.4, 0.5) is 11.4 Å². The smallest absolute Gasteiger partial charge is 0.255 e. The number of amides is 1. The number of halogens is 1. The van der Waals surface area contributed by atoms with Crippen molar-refractivity contribution in [3.63, 3.8) is 0 Å². The second-order valence-electron chi connectivity index (χ2n) is 6.42. The Hall–Kier alpha value is -2.40. The molecule has 1 aliphatic rings. The van der Waals surface area contributed by atoms with Gasteiger partial charge in [-0.15, -0.1) is 12.4 Å². The molecule has 0 unspecified atom stereocenters. The molecule has 0 atom stereocenters. The molecule has 0 aromatic heterocycles. The van der Waals surface area contributed by atoms with E-state index in [0.717, 1.165) is 18.4 Å². The summed E-state index contributed by atoms with van der Waals surface area (Å²) in [5.74, 6) is 1.05. The zero-order chi connectivity index (χ0) is 17.8. The number of methoxy groups -OCH3 is 1. The van der Waals surface area contributed by atoms with Crippen molar-refractivity contribution < 1.29 is 14.3 Å². The van der Waals surface area contributed by atoms with Crippen molar-refractivity contribution in [3.05, 3.63) is 47.5 Å². The largest absolute Gasteiger partial charge is 0.493 e. The summed E-state index contributed by atoms with van der Waals surface area (Å²) in [6.45, 7) is 1.92. The molecule has 0 spiro atoms. The first-order valence-electron chi connectivity index (χ1n) is 8.59. The lowest BCUT2D eigenvalue weighted by Crippen LogP contribution is -2.14. The van der Waals surface area contributed by atoms with Gasteiger partial charge in [0.25, 0.3) is 5.91 Å². The van der Waals surface area contributed by atoms with Gasteiger partial charge in [-0.1, -0.05) is 6.07 Å². The number of anilines is 2. The van der Waals surface area contributed by atoms with Crippen LogP contribution < -0.4 is 20.5 Å². The number of rotatable bonds is 5. The van der Waals surface area contributed by atoms with Crippen molar-refractivity contribution in [2.75, 3.05) is 18.2 Å². The minimum Gasteiger partial charge on any atom is -0.493 e. The third-order valence-electron chi connectivity index (χ3n) is 4.53. The van der Waals surface area contributed by atoms with E-state index in [1.807, 2.05) is 19.1 Å². The summed E-state index contributed by atoms with van der Waals surface area (Å²) in [6.07, 6.45) is 4.78. The maximum absolute atomic E-state index is 12.6. The van der Waals surface area contributed by atoms with E-state index < -0.39 is 0 Å². The summed E-state index contributed by atoms with van der Waals surface area (Å²) < 4.78 is 11.4. The summed E-state index contributed by atoms with van der Waals surface area (Å²) in [4.78, 5) is 12.6. The molecule has 3 N–H and O–H groups in total. The van der Waals surface area contributed by atoms with E-state index >= 15 is 0 Å². The van der Waals surface area contributed by atoms with Gasteiger partial charge < -0.3 is 20.5 Å². The van der Waals surface area contributed by atoms with Crippen molar-refractivity contribution in [1.82, 2.24) is 0 Å². The predicted octanol–water partition coefficient (Wildman–Crippen LogP) is 4.58. The SMILES string of the molecule is COc1cc(C(=O)Nc2cc(N)ccc2C)ccc1OC1CCCC1.Cl. The van der Waals surface area contributed by atoms with Crippen LogP contribution in [0.5, 0.6) is 11.5 Å². The van der Waals surface area contributed by atoms with Gasteiger partial charge in [0.15, 0.2) is 11.5 Å². The van der Waals surface area contributed by atoms with Crippen molar-refractivity contribution >= 4 is 29.7 Å². The number of carbonyl (C=O) groups excluding carboxylic acids is 1. The number of aryl methyl sites for hydroxylation is 1. The Morgan fingerprint density at radius 1 is 1.12 bits per heavy atom. The molecule has 2 aromatic rings. The summed E-state index contributed by atoms with van der Waals surface area (Å²) in [7, 11) is 1.58. The van der Waals surface area contributed by atoms with Crippen molar-refractivity contribution in [2.45, 2.75) is 38.7 Å². The first-order chi connectivity index (χ1) is 12.1. The number of hydrogen-bond donors (Lipinski definition) is 2. The summed E-state index contributed by atoms with van der Waals surface area (Å²) in [6, 6.07) is 10.7. The second kappa shape index (κ2) is 8.81. The zero-order valence-corrected chi connectivity index (χ0v) is 15.9. The lowest BCUT2D eigenvalue weighted by atomic mass is 10.1. The van der Waals surface area contributed by atoms with E-state index in [9.17, 15) is 4.79 Å². The molecule has 1 fully saturated rings. The standard InChI is InChI=1S/C20H24N2O3.ClH/c1-13-7-9-15(21)12-17(13)22-20(23)14-8-10-18(19(11-14)24-2)25-16-5-3-4-6-16;/h7-12,16H,3-6,21H2,1-2H3,(H,22,23);1H. The van der Waals surface area contributed by atoms with Crippen LogP contribution in [0.1, 0.15) is 41.6 Å². The molecule has 0 aliphatic heterocycles. The van der Waals surface area contributed by atoms with Crippen LogP contribution >= 0.6 is 12.4 Å². The van der Waals surface area contributed by atoms with Crippen LogP contribution in [0.2, 0.25) is 0 Å². The van der Waals surface area contributed by atoms with Crippen LogP contribution in [-0.2, 0) is 0 Å². The molecule has 26 heavy (non-hydrogen) atoms. The minimum absolute atomic E-state index is 0. The molecule has 1 aliphatic carbocycles. The van der Waals surface area contributed by atoms with Crippen LogP contribution in [0.3, 0.4) is 0 Å². The van der Waals surface area contributed by atoms with E-state index in [1.54, 1.807) is 31.4 Å². The van der Waals surface area contributed by atoms with Crippen LogP contribution in [-0.4, -0.2) is 19.1 Å². The normalized spacial score (nSPS) is 13.8. The van der Waals surface area contributed by atoms with Gasteiger partial charge in [0.1, 0.15) is 0 Å². The Bertz CT molecular complexity index is 774. The first kappa shape index (κ1) is 19.9. The van der Waals surface area contributed by atoms with Gasteiger partial charge in [0.2, 0.25) is 0 Å². The molecule has 2 aromatic carbocycles. The van der Waals surface area contributed by atoms with E-state index in [1.165, 1.54) is 12.8 Å². The molecule has 1 amide bonds. The van der Waals surface area contributed by atoms with Gasteiger partial charge >= 0.3 is 0 Å². The Balaban J connectivity index is 0.00000243. The average molecular weight is 377 g/mol. The number of carbonyl (C=O) groups is 1. The predicted molar refractivity (Wildman–Crippen MR) is 107 cm³/mol. The number of hydrogen-bond acceptors (Lipinski definition) is 4. The lowest BCUT2D eigenvalue weighted by Gasteiger charge is -2.16. The molecule has 3 rings (SSSR count). The lowest BCUT2D eigenvalue weighted by molar-refractivity contribution is 0.102. The van der Waals surface area contributed by atoms with Gasteiger partial charge in [0.05, 0.1) is 13.2 Å². The van der Waals surface area contributed by atoms with Gasteiger partial charge in [-0.05, 0) is 68.5 Å². The third-order valence-corrected chi connectivity index (χ3v) is 4.53. The maximum Gasteiger partial charge on any atom is 0.255 e. The summed E-state index contributed by atoms with van der Waals surface area (Å²) >= 11 is 0. The van der Waals surface area contributed by atoms with Gasteiger partial charge in [0, 0.05) is 16.9 Å². The highest BCUT2D eigenvalue weighted by Gasteiger charge is 2.19. The van der Waals surface area contributed by atoms with E-state index in [4.69, 9.17) is 15.2 Å². The molecular formula is C20H25ClN2O3. The fourth-order valence-electron chi connectivity index (χ4n) is 3.06. The third kappa shape index (κ3) is 4.61. The fourth-order valence-corrected chi connectivity index (χ4v) is 3.06. The Morgan fingerprint density at radius 2 is 1.85 bits per heavy atom. The van der Waals surface area contributed by atoms with Crippen LogP contribution in [0, 0.1) is 6.92 Å². The number of ether oxygens (including phenoxy) is 2.